The lowest BCUT2D eigenvalue weighted by Crippen LogP contribution is -2.57. The van der Waals surface area contributed by atoms with E-state index in [1.807, 2.05) is 7.05 Å². The van der Waals surface area contributed by atoms with Gasteiger partial charge in [-0.1, -0.05) is 0 Å². The van der Waals surface area contributed by atoms with E-state index in [4.69, 9.17) is 5.73 Å². The summed E-state index contributed by atoms with van der Waals surface area (Å²) >= 11 is 0. The molecule has 0 atom stereocenters. The molecule has 0 spiro atoms. The van der Waals surface area contributed by atoms with Crippen molar-refractivity contribution < 1.29 is 8.78 Å². The molecular formula is C15H18F2N6. The molecule has 1 fully saturated rings. The average molecular weight is 320 g/mol. The summed E-state index contributed by atoms with van der Waals surface area (Å²) in [5, 5.41) is 6.20. The van der Waals surface area contributed by atoms with Crippen molar-refractivity contribution in [3.8, 4) is 0 Å². The predicted octanol–water partition coefficient (Wildman–Crippen LogP) is 1.36. The minimum absolute atomic E-state index is 0.156. The number of nitrogen functional groups attached to an aromatic ring is 1. The van der Waals surface area contributed by atoms with Crippen LogP contribution in [-0.4, -0.2) is 36.1 Å². The van der Waals surface area contributed by atoms with Gasteiger partial charge in [-0.25, -0.2) is 8.78 Å². The van der Waals surface area contributed by atoms with E-state index in [1.165, 1.54) is 12.1 Å². The molecule has 1 aromatic carbocycles. The standard InChI is InChI=1S/C15H18F2N6/c1-19-12-7-23(8-12)14-5-13(21-15(18)22-14)20-6-9-2-10(16)4-11(17)3-9/h2-5,12,19H,6-8H2,1H3,(H3,18,20,21,22). The lowest BCUT2D eigenvalue weighted by atomic mass is 10.1. The molecule has 2 aromatic rings. The van der Waals surface area contributed by atoms with Gasteiger partial charge in [-0.2, -0.15) is 9.97 Å². The first-order valence-electron chi connectivity index (χ1n) is 7.29. The van der Waals surface area contributed by atoms with Gasteiger partial charge in [-0.3, -0.25) is 0 Å². The third kappa shape index (κ3) is 3.65. The van der Waals surface area contributed by atoms with Crippen LogP contribution in [0.25, 0.3) is 0 Å². The van der Waals surface area contributed by atoms with Gasteiger partial charge in [-0.15, -0.1) is 0 Å². The van der Waals surface area contributed by atoms with Crippen molar-refractivity contribution in [1.29, 1.82) is 0 Å². The summed E-state index contributed by atoms with van der Waals surface area (Å²) in [5.74, 6) is 0.192. The van der Waals surface area contributed by atoms with Gasteiger partial charge in [0.25, 0.3) is 0 Å². The minimum atomic E-state index is -0.608. The molecule has 6 nitrogen and oxygen atoms in total. The highest BCUT2D eigenvalue weighted by Crippen LogP contribution is 2.22. The summed E-state index contributed by atoms with van der Waals surface area (Å²) in [7, 11) is 1.92. The van der Waals surface area contributed by atoms with E-state index >= 15 is 0 Å². The fraction of sp³-hybridized carbons (Fsp3) is 0.333. The first-order chi connectivity index (χ1) is 11.0. The largest absolute Gasteiger partial charge is 0.368 e. The van der Waals surface area contributed by atoms with Crippen molar-refractivity contribution in [3.05, 3.63) is 41.5 Å². The van der Waals surface area contributed by atoms with Gasteiger partial charge in [0.05, 0.1) is 0 Å². The van der Waals surface area contributed by atoms with Crippen LogP contribution in [0.5, 0.6) is 0 Å². The fourth-order valence-electron chi connectivity index (χ4n) is 2.46. The van der Waals surface area contributed by atoms with Crippen molar-refractivity contribution in [2.24, 2.45) is 0 Å². The smallest absolute Gasteiger partial charge is 0.223 e. The van der Waals surface area contributed by atoms with E-state index < -0.39 is 11.6 Å². The summed E-state index contributed by atoms with van der Waals surface area (Å²) in [6, 6.07) is 5.60. The molecule has 0 saturated carbocycles. The molecular weight excluding hydrogens is 302 g/mol. The maximum atomic E-state index is 13.2. The molecule has 122 valence electrons. The van der Waals surface area contributed by atoms with Gasteiger partial charge in [0.1, 0.15) is 23.3 Å². The van der Waals surface area contributed by atoms with E-state index in [0.717, 1.165) is 25.0 Å². The molecule has 3 rings (SSSR count). The van der Waals surface area contributed by atoms with Crippen LogP contribution >= 0.6 is 0 Å². The van der Waals surface area contributed by atoms with Crippen molar-refractivity contribution in [3.63, 3.8) is 0 Å². The molecule has 0 radical (unpaired) electrons. The number of nitrogens with two attached hydrogens (primary N) is 1. The van der Waals surface area contributed by atoms with Crippen LogP contribution in [0.3, 0.4) is 0 Å². The zero-order valence-corrected chi connectivity index (χ0v) is 12.7. The molecule has 0 unspecified atom stereocenters. The number of likely N-dealkylation sites (N-methyl/N-ethyl adjacent to an activating group) is 1. The quantitative estimate of drug-likeness (QED) is 0.772. The second-order valence-corrected chi connectivity index (χ2v) is 5.49. The Balaban J connectivity index is 1.69. The molecule has 0 amide bonds. The maximum Gasteiger partial charge on any atom is 0.223 e. The summed E-state index contributed by atoms with van der Waals surface area (Å²) in [5.41, 5.74) is 6.22. The first kappa shape index (κ1) is 15.4. The van der Waals surface area contributed by atoms with Crippen molar-refractivity contribution in [2.75, 3.05) is 36.1 Å². The Bertz CT molecular complexity index is 682. The number of benzene rings is 1. The number of hydrogen-bond acceptors (Lipinski definition) is 6. The van der Waals surface area contributed by atoms with Crippen molar-refractivity contribution >= 4 is 17.6 Å². The highest BCUT2D eigenvalue weighted by Gasteiger charge is 2.26. The van der Waals surface area contributed by atoms with Gasteiger partial charge in [0.2, 0.25) is 5.95 Å². The molecule has 2 heterocycles. The lowest BCUT2D eigenvalue weighted by molar-refractivity contribution is 0.447. The molecule has 1 aliphatic heterocycles. The van der Waals surface area contributed by atoms with Crippen molar-refractivity contribution in [1.82, 2.24) is 15.3 Å². The van der Waals surface area contributed by atoms with Gasteiger partial charge in [0.15, 0.2) is 0 Å². The Morgan fingerprint density at radius 1 is 1.17 bits per heavy atom. The van der Waals surface area contributed by atoms with E-state index in [9.17, 15) is 8.78 Å². The Labute approximate surface area is 132 Å². The number of halogens is 2. The molecule has 0 bridgehead atoms. The molecule has 4 N–H and O–H groups in total. The number of aromatic nitrogens is 2. The highest BCUT2D eigenvalue weighted by atomic mass is 19.1. The molecule has 1 aromatic heterocycles. The van der Waals surface area contributed by atoms with Crippen LogP contribution in [0, 0.1) is 11.6 Å². The zero-order chi connectivity index (χ0) is 16.4. The highest BCUT2D eigenvalue weighted by molar-refractivity contribution is 5.54. The molecule has 1 aliphatic rings. The van der Waals surface area contributed by atoms with Crippen LogP contribution in [0.4, 0.5) is 26.4 Å². The SMILES string of the molecule is CNC1CN(c2cc(NCc3cc(F)cc(F)c3)nc(N)n2)C1. The average Bonchev–Trinajstić information content (AvgIpc) is 2.42. The van der Waals surface area contributed by atoms with Crippen LogP contribution in [0.1, 0.15) is 5.56 Å². The Kier molecular flexibility index (Phi) is 4.24. The predicted molar refractivity (Wildman–Crippen MR) is 85.2 cm³/mol. The summed E-state index contributed by atoms with van der Waals surface area (Å²) in [6.07, 6.45) is 0. The molecule has 1 saturated heterocycles. The van der Waals surface area contributed by atoms with Gasteiger partial charge in [-0.05, 0) is 24.7 Å². The van der Waals surface area contributed by atoms with Crippen LogP contribution in [0.15, 0.2) is 24.3 Å². The van der Waals surface area contributed by atoms with Crippen LogP contribution < -0.4 is 21.3 Å². The van der Waals surface area contributed by atoms with Crippen LogP contribution in [0.2, 0.25) is 0 Å². The summed E-state index contributed by atoms with van der Waals surface area (Å²) < 4.78 is 26.4. The Morgan fingerprint density at radius 2 is 1.87 bits per heavy atom. The number of hydrogen-bond donors (Lipinski definition) is 3. The third-order valence-electron chi connectivity index (χ3n) is 3.74. The molecule has 23 heavy (non-hydrogen) atoms. The number of anilines is 3. The number of nitrogens with zero attached hydrogens (tertiary/aromatic N) is 3. The Hall–Kier alpha value is -2.48. The second kappa shape index (κ2) is 6.33. The fourth-order valence-corrected chi connectivity index (χ4v) is 2.46. The summed E-state index contributed by atoms with van der Waals surface area (Å²) in [6.45, 7) is 1.94. The van der Waals surface area contributed by atoms with E-state index in [0.29, 0.717) is 17.4 Å². The minimum Gasteiger partial charge on any atom is -0.368 e. The van der Waals surface area contributed by atoms with E-state index in [-0.39, 0.29) is 12.5 Å². The van der Waals surface area contributed by atoms with Gasteiger partial charge >= 0.3 is 0 Å². The van der Waals surface area contributed by atoms with Gasteiger partial charge < -0.3 is 21.3 Å². The Morgan fingerprint density at radius 3 is 2.52 bits per heavy atom. The topological polar surface area (TPSA) is 79.1 Å². The van der Waals surface area contributed by atoms with Gasteiger partial charge in [0, 0.05) is 37.8 Å². The van der Waals surface area contributed by atoms with E-state index in [2.05, 4.69) is 25.5 Å². The summed E-state index contributed by atoms with van der Waals surface area (Å²) in [4.78, 5) is 10.4. The number of nitrogens with one attached hydrogen (secondary N) is 2. The third-order valence-corrected chi connectivity index (χ3v) is 3.74. The number of rotatable bonds is 5. The monoisotopic (exact) mass is 320 g/mol. The molecule has 8 heteroatoms. The van der Waals surface area contributed by atoms with Crippen LogP contribution in [-0.2, 0) is 6.54 Å². The molecule has 0 aliphatic carbocycles. The normalized spacial score (nSPS) is 14.7. The van der Waals surface area contributed by atoms with Crippen molar-refractivity contribution in [2.45, 2.75) is 12.6 Å². The maximum absolute atomic E-state index is 13.2. The zero-order valence-electron chi connectivity index (χ0n) is 12.7. The van der Waals surface area contributed by atoms with E-state index in [1.54, 1.807) is 6.07 Å². The lowest BCUT2D eigenvalue weighted by Gasteiger charge is -2.40. The first-order valence-corrected chi connectivity index (χ1v) is 7.29. The second-order valence-electron chi connectivity index (χ2n) is 5.49.